The number of para-hydroxylation sites is 1. The van der Waals surface area contributed by atoms with E-state index < -0.39 is 5.97 Å². The summed E-state index contributed by atoms with van der Waals surface area (Å²) >= 11 is 0. The molecule has 0 radical (unpaired) electrons. The third kappa shape index (κ3) is 3.48. The highest BCUT2D eigenvalue weighted by Gasteiger charge is 2.27. The van der Waals surface area contributed by atoms with E-state index in [0.717, 1.165) is 35.1 Å². The number of fused-ring (bicyclic) bond motifs is 4. The first-order valence-corrected chi connectivity index (χ1v) is 9.89. The average Bonchev–Trinajstić information content (AvgIpc) is 3.08. The zero-order valence-corrected chi connectivity index (χ0v) is 16.9. The van der Waals surface area contributed by atoms with Crippen molar-refractivity contribution in [1.82, 2.24) is 14.9 Å². The number of nitrogens with zero attached hydrogens (tertiary/aromatic N) is 2. The van der Waals surface area contributed by atoms with Gasteiger partial charge >= 0.3 is 5.97 Å². The molecule has 2 aromatic heterocycles. The first-order valence-electron chi connectivity index (χ1n) is 9.89. The van der Waals surface area contributed by atoms with E-state index in [1.807, 2.05) is 24.3 Å². The first-order chi connectivity index (χ1) is 14.5. The largest absolute Gasteiger partial charge is 0.507 e. The molecule has 154 valence electrons. The molecule has 0 saturated heterocycles. The molecule has 1 aliphatic rings. The third-order valence-corrected chi connectivity index (χ3v) is 5.19. The van der Waals surface area contributed by atoms with E-state index in [1.165, 1.54) is 13.0 Å². The Bertz CT molecular complexity index is 1230. The molecule has 1 aliphatic heterocycles. The van der Waals surface area contributed by atoms with Gasteiger partial charge in [0.1, 0.15) is 12.4 Å². The number of aromatic hydroxyl groups is 1. The van der Waals surface area contributed by atoms with Gasteiger partial charge in [-0.2, -0.15) is 0 Å². The van der Waals surface area contributed by atoms with E-state index in [9.17, 15) is 14.7 Å². The van der Waals surface area contributed by atoms with E-state index in [0.29, 0.717) is 17.9 Å². The monoisotopic (exact) mass is 405 g/mol. The second-order valence-electron chi connectivity index (χ2n) is 7.14. The lowest BCUT2D eigenvalue weighted by Gasteiger charge is -2.09. The fourth-order valence-electron chi connectivity index (χ4n) is 3.74. The number of esters is 1. The molecule has 0 bridgehead atoms. The molecule has 3 heterocycles. The molecule has 0 unspecified atom stereocenters. The molecular formula is C23H23N3O4. The van der Waals surface area contributed by atoms with Crippen LogP contribution in [0.4, 0.5) is 0 Å². The first kappa shape index (κ1) is 19.8. The Hall–Kier alpha value is -3.45. The lowest BCUT2D eigenvalue weighted by Crippen LogP contribution is -2.24. The number of likely N-dealkylation sites (N-methyl/N-ethyl adjacent to an activating group) is 1. The van der Waals surface area contributed by atoms with Crippen LogP contribution in [0.15, 0.2) is 41.2 Å². The van der Waals surface area contributed by atoms with Gasteiger partial charge in [0, 0.05) is 30.5 Å². The summed E-state index contributed by atoms with van der Waals surface area (Å²) in [5.74, 6) is -0.705. The number of rotatable bonds is 6. The molecule has 7 nitrogen and oxygen atoms in total. The van der Waals surface area contributed by atoms with Gasteiger partial charge in [0.05, 0.1) is 29.0 Å². The van der Waals surface area contributed by atoms with Crippen molar-refractivity contribution in [2.75, 3.05) is 13.1 Å². The van der Waals surface area contributed by atoms with Crippen LogP contribution in [-0.2, 0) is 22.7 Å². The van der Waals surface area contributed by atoms with Gasteiger partial charge in [-0.3, -0.25) is 9.59 Å². The standard InChI is InChI=1S/C23H23N3O4/c1-3-24-10-6-8-15-16-7-4-5-9-19(16)25-22-17(15)12-26-20(22)11-21(28)18(23(26)29)13-30-14(2)27/h4-9,11,24,28H,3,10,12-13H2,1-2H3/b8-6+. The van der Waals surface area contributed by atoms with Crippen molar-refractivity contribution in [3.8, 4) is 17.1 Å². The highest BCUT2D eigenvalue weighted by molar-refractivity contribution is 5.93. The van der Waals surface area contributed by atoms with Crippen LogP contribution in [0.5, 0.6) is 5.75 Å². The van der Waals surface area contributed by atoms with Gasteiger partial charge in [-0.25, -0.2) is 4.98 Å². The fourth-order valence-corrected chi connectivity index (χ4v) is 3.74. The van der Waals surface area contributed by atoms with Gasteiger partial charge in [-0.1, -0.05) is 37.3 Å². The Kier molecular flexibility index (Phi) is 5.37. The van der Waals surface area contributed by atoms with Crippen LogP contribution in [-0.4, -0.2) is 33.7 Å². The number of aromatic nitrogens is 2. The van der Waals surface area contributed by atoms with E-state index in [4.69, 9.17) is 9.72 Å². The van der Waals surface area contributed by atoms with Crippen LogP contribution in [0.1, 0.15) is 30.5 Å². The second-order valence-corrected chi connectivity index (χ2v) is 7.14. The van der Waals surface area contributed by atoms with Crippen molar-refractivity contribution >= 4 is 22.9 Å². The summed E-state index contributed by atoms with van der Waals surface area (Å²) in [7, 11) is 0. The highest BCUT2D eigenvalue weighted by atomic mass is 16.5. The molecule has 0 saturated carbocycles. The van der Waals surface area contributed by atoms with Crippen LogP contribution < -0.4 is 10.9 Å². The van der Waals surface area contributed by atoms with Gasteiger partial charge in [-0.05, 0) is 18.2 Å². The maximum atomic E-state index is 13.0. The minimum Gasteiger partial charge on any atom is -0.507 e. The summed E-state index contributed by atoms with van der Waals surface area (Å²) in [4.78, 5) is 28.9. The molecule has 3 aromatic rings. The summed E-state index contributed by atoms with van der Waals surface area (Å²) in [6.07, 6.45) is 4.11. The van der Waals surface area contributed by atoms with E-state index >= 15 is 0 Å². The third-order valence-electron chi connectivity index (χ3n) is 5.19. The van der Waals surface area contributed by atoms with Crippen LogP contribution >= 0.6 is 0 Å². The molecule has 1 aromatic carbocycles. The van der Waals surface area contributed by atoms with Crippen molar-refractivity contribution in [3.63, 3.8) is 0 Å². The van der Waals surface area contributed by atoms with E-state index in [1.54, 1.807) is 4.57 Å². The Morgan fingerprint density at radius 1 is 1.37 bits per heavy atom. The predicted octanol–water partition coefficient (Wildman–Crippen LogP) is 2.82. The molecule has 4 rings (SSSR count). The number of nitrogens with one attached hydrogen (secondary N) is 1. The SMILES string of the molecule is CCNC/C=C/c1c2c(nc3ccccc13)-c1cc(O)c(COC(C)=O)c(=O)n1C2. The van der Waals surface area contributed by atoms with Crippen molar-refractivity contribution in [2.24, 2.45) is 0 Å². The quantitative estimate of drug-likeness (QED) is 0.378. The van der Waals surface area contributed by atoms with Gasteiger partial charge < -0.3 is 19.7 Å². The predicted molar refractivity (Wildman–Crippen MR) is 115 cm³/mol. The number of ether oxygens (including phenoxy) is 1. The summed E-state index contributed by atoms with van der Waals surface area (Å²) < 4.78 is 6.52. The van der Waals surface area contributed by atoms with Gasteiger partial charge in [0.2, 0.25) is 0 Å². The van der Waals surface area contributed by atoms with Gasteiger partial charge in [0.15, 0.2) is 0 Å². The van der Waals surface area contributed by atoms with Crippen molar-refractivity contribution in [2.45, 2.75) is 27.0 Å². The van der Waals surface area contributed by atoms with Crippen LogP contribution in [0.3, 0.4) is 0 Å². The smallest absolute Gasteiger partial charge is 0.302 e. The minimum absolute atomic E-state index is 0.0653. The molecule has 7 heteroatoms. The van der Waals surface area contributed by atoms with E-state index in [2.05, 4.69) is 24.4 Å². The number of hydrogen-bond acceptors (Lipinski definition) is 6. The van der Waals surface area contributed by atoms with Gasteiger partial charge in [-0.15, -0.1) is 0 Å². The van der Waals surface area contributed by atoms with Crippen molar-refractivity contribution in [1.29, 1.82) is 0 Å². The fraction of sp³-hybridized carbons (Fsp3) is 0.261. The van der Waals surface area contributed by atoms with E-state index in [-0.39, 0.29) is 23.5 Å². The van der Waals surface area contributed by atoms with Crippen LogP contribution in [0, 0.1) is 0 Å². The molecule has 0 atom stereocenters. The van der Waals surface area contributed by atoms with Crippen LogP contribution in [0.2, 0.25) is 0 Å². The zero-order valence-electron chi connectivity index (χ0n) is 16.9. The van der Waals surface area contributed by atoms with Gasteiger partial charge in [0.25, 0.3) is 5.56 Å². The Morgan fingerprint density at radius 3 is 2.93 bits per heavy atom. The van der Waals surface area contributed by atoms with Crippen molar-refractivity contribution < 1.29 is 14.6 Å². The highest BCUT2D eigenvalue weighted by Crippen LogP contribution is 2.37. The number of carbonyl (C=O) groups excluding carboxylic acids is 1. The summed E-state index contributed by atoms with van der Waals surface area (Å²) in [5.41, 5.74) is 3.70. The second kappa shape index (κ2) is 8.12. The summed E-state index contributed by atoms with van der Waals surface area (Å²) in [6.45, 7) is 5.01. The maximum Gasteiger partial charge on any atom is 0.302 e. The Balaban J connectivity index is 1.86. The number of hydrogen-bond donors (Lipinski definition) is 2. The molecular weight excluding hydrogens is 382 g/mol. The Morgan fingerprint density at radius 2 is 2.17 bits per heavy atom. The summed E-state index contributed by atoms with van der Waals surface area (Å²) in [5, 5.41) is 14.7. The average molecular weight is 405 g/mol. The Labute approximate surface area is 173 Å². The number of carbonyl (C=O) groups is 1. The molecule has 0 fully saturated rings. The normalized spacial score (nSPS) is 12.3. The lowest BCUT2D eigenvalue weighted by atomic mass is 10.00. The lowest BCUT2D eigenvalue weighted by molar-refractivity contribution is -0.142. The molecule has 30 heavy (non-hydrogen) atoms. The number of benzene rings is 1. The molecule has 2 N–H and O–H groups in total. The minimum atomic E-state index is -0.511. The maximum absolute atomic E-state index is 13.0. The molecule has 0 amide bonds. The molecule has 0 aliphatic carbocycles. The molecule has 0 spiro atoms. The number of pyridine rings is 2. The van der Waals surface area contributed by atoms with Crippen molar-refractivity contribution in [3.05, 3.63) is 63.5 Å². The van der Waals surface area contributed by atoms with Crippen LogP contribution in [0.25, 0.3) is 28.4 Å². The topological polar surface area (TPSA) is 93.5 Å². The zero-order chi connectivity index (χ0) is 21.3. The summed E-state index contributed by atoms with van der Waals surface area (Å²) in [6, 6.07) is 9.38.